The molecule has 2 heterocycles. The highest BCUT2D eigenvalue weighted by atomic mass is 32.1. The molecule has 5 nitrogen and oxygen atoms in total. The Bertz CT molecular complexity index is 1100. The van der Waals surface area contributed by atoms with Crippen molar-refractivity contribution in [1.82, 2.24) is 9.38 Å². The fraction of sp³-hybridized carbons (Fsp3) is 0.100. The number of carbonyl (C=O) groups excluding carboxylic acids is 1. The van der Waals surface area contributed by atoms with Crippen LogP contribution >= 0.6 is 11.3 Å². The third-order valence-corrected chi connectivity index (χ3v) is 5.06. The summed E-state index contributed by atoms with van der Waals surface area (Å²) in [6, 6.07) is 15.3. The van der Waals surface area contributed by atoms with E-state index >= 15 is 0 Å². The smallest absolute Gasteiger partial charge is 0.195 e. The standard InChI is InChI=1S/C20H16N2O3S/c1-24-14-7-5-6-13(10-14)17-12-26-20-21-19(16(11-23)22(17)20)15-8-3-4-9-18(15)25-2/h3-12H,1-2H3. The molecule has 0 aliphatic rings. The number of imidazole rings is 1. The van der Waals surface area contributed by atoms with Crippen molar-refractivity contribution in [2.45, 2.75) is 0 Å². The molecule has 0 amide bonds. The van der Waals surface area contributed by atoms with Crippen molar-refractivity contribution in [2.75, 3.05) is 14.2 Å². The molecule has 4 aromatic rings. The Morgan fingerprint density at radius 3 is 2.69 bits per heavy atom. The number of hydrogen-bond donors (Lipinski definition) is 0. The van der Waals surface area contributed by atoms with Crippen LogP contribution in [0.4, 0.5) is 0 Å². The van der Waals surface area contributed by atoms with Gasteiger partial charge in [-0.2, -0.15) is 0 Å². The van der Waals surface area contributed by atoms with E-state index < -0.39 is 0 Å². The maximum absolute atomic E-state index is 12.0. The highest BCUT2D eigenvalue weighted by Crippen LogP contribution is 2.36. The van der Waals surface area contributed by atoms with Crippen molar-refractivity contribution in [2.24, 2.45) is 0 Å². The number of hydrogen-bond acceptors (Lipinski definition) is 5. The molecule has 0 atom stereocenters. The van der Waals surface area contributed by atoms with Gasteiger partial charge in [-0.3, -0.25) is 9.20 Å². The van der Waals surface area contributed by atoms with Gasteiger partial charge in [0.15, 0.2) is 11.2 Å². The van der Waals surface area contributed by atoms with E-state index in [0.29, 0.717) is 17.1 Å². The molecular formula is C20H16N2O3S. The van der Waals surface area contributed by atoms with Crippen LogP contribution in [-0.4, -0.2) is 29.9 Å². The Morgan fingerprint density at radius 1 is 1.08 bits per heavy atom. The maximum Gasteiger partial charge on any atom is 0.195 e. The first kappa shape index (κ1) is 16.4. The van der Waals surface area contributed by atoms with Gasteiger partial charge in [0.25, 0.3) is 0 Å². The number of ether oxygens (including phenoxy) is 2. The summed E-state index contributed by atoms with van der Waals surface area (Å²) in [4.78, 5) is 17.4. The second kappa shape index (κ2) is 6.65. The average molecular weight is 364 g/mol. The summed E-state index contributed by atoms with van der Waals surface area (Å²) in [7, 11) is 3.25. The number of methoxy groups -OCH3 is 2. The second-order valence-corrected chi connectivity index (χ2v) is 6.47. The van der Waals surface area contributed by atoms with Gasteiger partial charge in [-0.15, -0.1) is 11.3 Å². The Hall–Kier alpha value is -3.12. The summed E-state index contributed by atoms with van der Waals surface area (Å²) >= 11 is 1.49. The normalized spacial score (nSPS) is 10.8. The van der Waals surface area contributed by atoms with Gasteiger partial charge in [0.2, 0.25) is 0 Å². The Labute approximate surface area is 154 Å². The first-order valence-corrected chi connectivity index (χ1v) is 8.87. The van der Waals surface area contributed by atoms with Crippen molar-refractivity contribution >= 4 is 22.6 Å². The van der Waals surface area contributed by atoms with E-state index in [9.17, 15) is 4.79 Å². The largest absolute Gasteiger partial charge is 0.497 e. The summed E-state index contributed by atoms with van der Waals surface area (Å²) in [5.74, 6) is 1.45. The number of rotatable bonds is 5. The van der Waals surface area contributed by atoms with Gasteiger partial charge in [-0.05, 0) is 24.3 Å². The zero-order chi connectivity index (χ0) is 18.1. The number of para-hydroxylation sites is 1. The number of aromatic nitrogens is 2. The van der Waals surface area contributed by atoms with E-state index in [1.165, 1.54) is 11.3 Å². The monoisotopic (exact) mass is 364 g/mol. The summed E-state index contributed by atoms with van der Waals surface area (Å²) in [6.07, 6.45) is 0.845. The number of benzene rings is 2. The van der Waals surface area contributed by atoms with Gasteiger partial charge >= 0.3 is 0 Å². The highest BCUT2D eigenvalue weighted by molar-refractivity contribution is 7.15. The van der Waals surface area contributed by atoms with Crippen LogP contribution in [0.25, 0.3) is 27.5 Å². The molecule has 130 valence electrons. The first-order chi connectivity index (χ1) is 12.8. The van der Waals surface area contributed by atoms with E-state index in [0.717, 1.165) is 33.8 Å². The Morgan fingerprint density at radius 2 is 1.92 bits per heavy atom. The fourth-order valence-corrected chi connectivity index (χ4v) is 3.92. The minimum Gasteiger partial charge on any atom is -0.497 e. The molecule has 26 heavy (non-hydrogen) atoms. The minimum atomic E-state index is 0.503. The maximum atomic E-state index is 12.0. The zero-order valence-corrected chi connectivity index (χ0v) is 15.1. The predicted molar refractivity (Wildman–Crippen MR) is 102 cm³/mol. The SMILES string of the molecule is COc1cccc(-c2csc3nc(-c4ccccc4OC)c(C=O)n23)c1. The lowest BCUT2D eigenvalue weighted by Gasteiger charge is -2.07. The second-order valence-electron chi connectivity index (χ2n) is 5.63. The van der Waals surface area contributed by atoms with Gasteiger partial charge in [0.05, 0.1) is 19.9 Å². The third-order valence-electron chi connectivity index (χ3n) is 4.24. The lowest BCUT2D eigenvalue weighted by molar-refractivity contribution is 0.111. The Kier molecular flexibility index (Phi) is 4.18. The number of fused-ring (bicyclic) bond motifs is 1. The van der Waals surface area contributed by atoms with Gasteiger partial charge in [-0.25, -0.2) is 4.98 Å². The average Bonchev–Trinajstić information content (AvgIpc) is 3.26. The van der Waals surface area contributed by atoms with Crippen molar-refractivity contribution in [3.8, 4) is 34.0 Å². The minimum absolute atomic E-state index is 0.503. The number of aldehydes is 1. The summed E-state index contributed by atoms with van der Waals surface area (Å²) < 4.78 is 12.6. The molecule has 6 heteroatoms. The van der Waals surface area contributed by atoms with Gasteiger partial charge in [0, 0.05) is 16.5 Å². The third kappa shape index (κ3) is 2.55. The molecule has 0 bridgehead atoms. The summed E-state index contributed by atoms with van der Waals surface area (Å²) in [6.45, 7) is 0. The Balaban J connectivity index is 1.96. The van der Waals surface area contributed by atoms with E-state index in [2.05, 4.69) is 0 Å². The molecule has 0 radical (unpaired) electrons. The van der Waals surface area contributed by atoms with Crippen LogP contribution in [-0.2, 0) is 0 Å². The van der Waals surface area contributed by atoms with Crippen LogP contribution in [0.2, 0.25) is 0 Å². The van der Waals surface area contributed by atoms with Crippen molar-refractivity contribution in [3.05, 3.63) is 59.6 Å². The highest BCUT2D eigenvalue weighted by Gasteiger charge is 2.20. The van der Waals surface area contributed by atoms with Crippen molar-refractivity contribution in [3.63, 3.8) is 0 Å². The molecule has 2 aromatic carbocycles. The van der Waals surface area contributed by atoms with Crippen LogP contribution in [0.3, 0.4) is 0 Å². The van der Waals surface area contributed by atoms with E-state index in [-0.39, 0.29) is 0 Å². The predicted octanol–water partition coefficient (Wildman–Crippen LogP) is 4.56. The van der Waals surface area contributed by atoms with Crippen LogP contribution < -0.4 is 9.47 Å². The first-order valence-electron chi connectivity index (χ1n) is 7.99. The molecule has 0 saturated carbocycles. The molecule has 0 N–H and O–H groups in total. The lowest BCUT2D eigenvalue weighted by atomic mass is 10.1. The van der Waals surface area contributed by atoms with Crippen LogP contribution in [0.5, 0.6) is 11.5 Å². The van der Waals surface area contributed by atoms with E-state index in [1.54, 1.807) is 14.2 Å². The van der Waals surface area contributed by atoms with Crippen LogP contribution in [0.15, 0.2) is 53.9 Å². The molecule has 0 aliphatic carbocycles. The summed E-state index contributed by atoms with van der Waals surface area (Å²) in [5.41, 5.74) is 3.78. The van der Waals surface area contributed by atoms with E-state index in [1.807, 2.05) is 58.3 Å². The molecule has 0 unspecified atom stereocenters. The lowest BCUT2D eigenvalue weighted by Crippen LogP contribution is -1.95. The van der Waals surface area contributed by atoms with Crippen molar-refractivity contribution in [1.29, 1.82) is 0 Å². The number of thiazole rings is 1. The summed E-state index contributed by atoms with van der Waals surface area (Å²) in [5, 5.41) is 2.00. The number of nitrogens with zero attached hydrogens (tertiary/aromatic N) is 2. The molecule has 0 spiro atoms. The topological polar surface area (TPSA) is 52.8 Å². The molecule has 0 fully saturated rings. The molecule has 0 saturated heterocycles. The zero-order valence-electron chi connectivity index (χ0n) is 14.3. The van der Waals surface area contributed by atoms with Gasteiger partial charge < -0.3 is 9.47 Å². The molecule has 0 aliphatic heterocycles. The molecule has 4 rings (SSSR count). The number of carbonyl (C=O) groups is 1. The van der Waals surface area contributed by atoms with Crippen LogP contribution in [0, 0.1) is 0 Å². The van der Waals surface area contributed by atoms with Gasteiger partial charge in [-0.1, -0.05) is 24.3 Å². The van der Waals surface area contributed by atoms with E-state index in [4.69, 9.17) is 14.5 Å². The molecular weight excluding hydrogens is 348 g/mol. The van der Waals surface area contributed by atoms with Crippen LogP contribution in [0.1, 0.15) is 10.5 Å². The van der Waals surface area contributed by atoms with Gasteiger partial charge in [0.1, 0.15) is 22.9 Å². The fourth-order valence-electron chi connectivity index (χ4n) is 3.01. The van der Waals surface area contributed by atoms with Crippen molar-refractivity contribution < 1.29 is 14.3 Å². The molecule has 2 aromatic heterocycles. The quantitative estimate of drug-likeness (QED) is 0.487.